The standard InChI is InChI=1S/C12H16BrClN2O2S/c1-8-6-16(7-9(2)15-8)19(17,18)12-10(13)4-3-5-11(12)14/h3-5,8-9,15H,6-7H2,1-2H3. The summed E-state index contributed by atoms with van der Waals surface area (Å²) in [4.78, 5) is 0.151. The molecule has 1 fully saturated rings. The third-order valence-corrected chi connectivity index (χ3v) is 6.32. The molecule has 2 rings (SSSR count). The second-order valence-corrected chi connectivity index (χ2v) is 7.98. The van der Waals surface area contributed by atoms with Crippen LogP contribution in [0.5, 0.6) is 0 Å². The molecule has 2 atom stereocenters. The summed E-state index contributed by atoms with van der Waals surface area (Å²) in [7, 11) is -3.57. The highest BCUT2D eigenvalue weighted by Gasteiger charge is 2.33. The van der Waals surface area contributed by atoms with Gasteiger partial charge in [-0.2, -0.15) is 4.31 Å². The van der Waals surface area contributed by atoms with Crippen molar-refractivity contribution in [2.45, 2.75) is 30.8 Å². The molecule has 1 aromatic rings. The lowest BCUT2D eigenvalue weighted by atomic mass is 10.2. The first kappa shape index (κ1) is 15.3. The molecule has 2 unspecified atom stereocenters. The summed E-state index contributed by atoms with van der Waals surface area (Å²) in [6.07, 6.45) is 0. The minimum Gasteiger partial charge on any atom is -0.309 e. The van der Waals surface area contributed by atoms with Crippen LogP contribution in [0.2, 0.25) is 5.02 Å². The van der Waals surface area contributed by atoms with Crippen LogP contribution in [0, 0.1) is 0 Å². The molecule has 0 saturated carbocycles. The van der Waals surface area contributed by atoms with E-state index in [1.165, 1.54) is 4.31 Å². The van der Waals surface area contributed by atoms with Gasteiger partial charge in [0.05, 0.1) is 5.02 Å². The van der Waals surface area contributed by atoms with Crippen molar-refractivity contribution in [2.75, 3.05) is 13.1 Å². The van der Waals surface area contributed by atoms with E-state index >= 15 is 0 Å². The molecule has 4 nitrogen and oxygen atoms in total. The first-order chi connectivity index (χ1) is 8.82. The van der Waals surface area contributed by atoms with Crippen LogP contribution >= 0.6 is 27.5 Å². The van der Waals surface area contributed by atoms with Crippen LogP contribution in [-0.4, -0.2) is 37.9 Å². The Hall–Kier alpha value is -0.140. The molecule has 1 aromatic carbocycles. The summed E-state index contributed by atoms with van der Waals surface area (Å²) in [5, 5.41) is 3.55. The van der Waals surface area contributed by atoms with E-state index in [2.05, 4.69) is 21.2 Å². The van der Waals surface area contributed by atoms with Gasteiger partial charge in [0.15, 0.2) is 0 Å². The van der Waals surface area contributed by atoms with Crippen LogP contribution < -0.4 is 5.32 Å². The topological polar surface area (TPSA) is 49.4 Å². The van der Waals surface area contributed by atoms with Gasteiger partial charge in [-0.05, 0) is 41.9 Å². The summed E-state index contributed by atoms with van der Waals surface area (Å²) in [5.74, 6) is 0. The molecule has 0 bridgehead atoms. The molecule has 0 radical (unpaired) electrons. The first-order valence-electron chi connectivity index (χ1n) is 6.02. The summed E-state index contributed by atoms with van der Waals surface area (Å²) >= 11 is 9.33. The maximum atomic E-state index is 12.7. The predicted molar refractivity (Wildman–Crippen MR) is 80.0 cm³/mol. The van der Waals surface area contributed by atoms with E-state index in [0.717, 1.165) is 0 Å². The normalized spacial score (nSPS) is 25.5. The van der Waals surface area contributed by atoms with Gasteiger partial charge in [-0.1, -0.05) is 17.7 Å². The predicted octanol–water partition coefficient (Wildman–Crippen LogP) is 2.47. The minimum atomic E-state index is -3.57. The molecule has 0 amide bonds. The van der Waals surface area contributed by atoms with Gasteiger partial charge in [0, 0.05) is 29.6 Å². The van der Waals surface area contributed by atoms with Gasteiger partial charge in [0.1, 0.15) is 4.90 Å². The fraction of sp³-hybridized carbons (Fsp3) is 0.500. The second-order valence-electron chi connectivity index (χ2n) is 4.84. The van der Waals surface area contributed by atoms with Crippen molar-refractivity contribution in [2.24, 2.45) is 0 Å². The molecular weight excluding hydrogens is 352 g/mol. The van der Waals surface area contributed by atoms with Crippen LogP contribution in [0.15, 0.2) is 27.6 Å². The SMILES string of the molecule is CC1CN(S(=O)(=O)c2c(Cl)cccc2Br)CC(C)N1. The van der Waals surface area contributed by atoms with Crippen molar-refractivity contribution in [3.05, 3.63) is 27.7 Å². The number of hydrogen-bond acceptors (Lipinski definition) is 3. The zero-order valence-corrected chi connectivity index (χ0v) is 13.9. The number of halogens is 2. The van der Waals surface area contributed by atoms with E-state index in [1.807, 2.05) is 13.8 Å². The minimum absolute atomic E-state index is 0.125. The Morgan fingerprint density at radius 3 is 2.42 bits per heavy atom. The molecule has 1 saturated heterocycles. The molecule has 106 valence electrons. The Balaban J connectivity index is 2.42. The highest BCUT2D eigenvalue weighted by Crippen LogP contribution is 2.32. The molecule has 1 aliphatic rings. The molecule has 19 heavy (non-hydrogen) atoms. The Morgan fingerprint density at radius 1 is 1.32 bits per heavy atom. The van der Waals surface area contributed by atoms with E-state index < -0.39 is 10.0 Å². The van der Waals surface area contributed by atoms with Crippen molar-refractivity contribution >= 4 is 37.6 Å². The Morgan fingerprint density at radius 2 is 1.89 bits per heavy atom. The number of nitrogens with one attached hydrogen (secondary N) is 1. The lowest BCUT2D eigenvalue weighted by Gasteiger charge is -2.35. The largest absolute Gasteiger partial charge is 0.309 e. The Kier molecular flexibility index (Phi) is 4.57. The highest BCUT2D eigenvalue weighted by molar-refractivity contribution is 9.10. The van der Waals surface area contributed by atoms with E-state index in [9.17, 15) is 8.42 Å². The van der Waals surface area contributed by atoms with Gasteiger partial charge in [-0.25, -0.2) is 8.42 Å². The van der Waals surface area contributed by atoms with Crippen molar-refractivity contribution in [1.29, 1.82) is 0 Å². The molecule has 7 heteroatoms. The first-order valence-corrected chi connectivity index (χ1v) is 8.63. The van der Waals surface area contributed by atoms with Crippen molar-refractivity contribution in [3.8, 4) is 0 Å². The molecule has 1 N–H and O–H groups in total. The zero-order valence-electron chi connectivity index (χ0n) is 10.7. The highest BCUT2D eigenvalue weighted by atomic mass is 79.9. The van der Waals surface area contributed by atoms with Gasteiger partial charge >= 0.3 is 0 Å². The van der Waals surface area contributed by atoms with E-state index in [4.69, 9.17) is 11.6 Å². The molecule has 1 heterocycles. The second kappa shape index (κ2) is 5.69. The molecule has 0 aromatic heterocycles. The lowest BCUT2D eigenvalue weighted by molar-refractivity contribution is 0.263. The van der Waals surface area contributed by atoms with Crippen LogP contribution in [0.3, 0.4) is 0 Å². The maximum absolute atomic E-state index is 12.7. The number of piperazine rings is 1. The third-order valence-electron chi connectivity index (χ3n) is 3.04. The number of benzene rings is 1. The fourth-order valence-corrected chi connectivity index (χ4v) is 5.62. The summed E-state index contributed by atoms with van der Waals surface area (Å²) in [6.45, 7) is 4.84. The van der Waals surface area contributed by atoms with Crippen molar-refractivity contribution in [3.63, 3.8) is 0 Å². The van der Waals surface area contributed by atoms with Crippen molar-refractivity contribution < 1.29 is 8.42 Å². The summed E-state index contributed by atoms with van der Waals surface area (Å²) in [6, 6.07) is 5.25. The van der Waals surface area contributed by atoms with Crippen molar-refractivity contribution in [1.82, 2.24) is 9.62 Å². The Bertz CT molecular complexity index is 549. The maximum Gasteiger partial charge on any atom is 0.245 e. The lowest BCUT2D eigenvalue weighted by Crippen LogP contribution is -2.55. The van der Waals surface area contributed by atoms with Gasteiger partial charge in [-0.3, -0.25) is 0 Å². The van der Waals surface area contributed by atoms with E-state index in [1.54, 1.807) is 18.2 Å². The molecule has 1 aliphatic heterocycles. The van der Waals surface area contributed by atoms with E-state index in [0.29, 0.717) is 17.6 Å². The summed E-state index contributed by atoms with van der Waals surface area (Å²) < 4.78 is 27.4. The van der Waals surface area contributed by atoms with Gasteiger partial charge < -0.3 is 5.32 Å². The summed E-state index contributed by atoms with van der Waals surface area (Å²) in [5.41, 5.74) is 0. The quantitative estimate of drug-likeness (QED) is 0.873. The van der Waals surface area contributed by atoms with Gasteiger partial charge in [0.2, 0.25) is 10.0 Å². The zero-order chi connectivity index (χ0) is 14.2. The molecular formula is C12H16BrClN2O2S. The third kappa shape index (κ3) is 3.13. The van der Waals surface area contributed by atoms with Crippen LogP contribution in [0.25, 0.3) is 0 Å². The number of nitrogens with zero attached hydrogens (tertiary/aromatic N) is 1. The molecule has 0 spiro atoms. The smallest absolute Gasteiger partial charge is 0.245 e. The monoisotopic (exact) mass is 366 g/mol. The fourth-order valence-electron chi connectivity index (χ4n) is 2.33. The average molecular weight is 368 g/mol. The van der Waals surface area contributed by atoms with Gasteiger partial charge in [-0.15, -0.1) is 0 Å². The molecule has 0 aliphatic carbocycles. The van der Waals surface area contributed by atoms with Gasteiger partial charge in [0.25, 0.3) is 0 Å². The van der Waals surface area contributed by atoms with Crippen LogP contribution in [0.1, 0.15) is 13.8 Å². The number of hydrogen-bond donors (Lipinski definition) is 1. The van der Waals surface area contributed by atoms with Crippen LogP contribution in [-0.2, 0) is 10.0 Å². The average Bonchev–Trinajstić information content (AvgIpc) is 2.26. The van der Waals surface area contributed by atoms with Crippen LogP contribution in [0.4, 0.5) is 0 Å². The Labute approximate surface area is 127 Å². The van der Waals surface area contributed by atoms with E-state index in [-0.39, 0.29) is 22.0 Å². The number of rotatable bonds is 2. The number of sulfonamides is 1.